The predicted octanol–water partition coefficient (Wildman–Crippen LogP) is 0.0514. The number of rotatable bonds is 9. The van der Waals surface area contributed by atoms with Crippen molar-refractivity contribution in [1.29, 1.82) is 0 Å². The summed E-state index contributed by atoms with van der Waals surface area (Å²) in [6, 6.07) is 4.34. The van der Waals surface area contributed by atoms with Crippen molar-refractivity contribution in [2.24, 2.45) is 0 Å². The molecular formula is C18H23N3O7. The topological polar surface area (TPSA) is 154 Å². The molecule has 1 aliphatic rings. The number of amides is 2. The average molecular weight is 393 g/mol. The fourth-order valence-electron chi connectivity index (χ4n) is 2.71. The second-order valence-corrected chi connectivity index (χ2v) is 6.35. The van der Waals surface area contributed by atoms with Crippen LogP contribution in [0.25, 0.3) is 0 Å². The maximum absolute atomic E-state index is 12.2. The predicted molar refractivity (Wildman–Crippen MR) is 98.1 cm³/mol. The van der Waals surface area contributed by atoms with Crippen molar-refractivity contribution < 1.29 is 34.1 Å². The van der Waals surface area contributed by atoms with Gasteiger partial charge >= 0.3 is 11.9 Å². The van der Waals surface area contributed by atoms with Crippen molar-refractivity contribution in [1.82, 2.24) is 10.6 Å². The number of ether oxygens (including phenoxy) is 1. The fraction of sp³-hybridized carbons (Fsp3) is 0.444. The molecule has 2 amide bonds. The highest BCUT2D eigenvalue weighted by Crippen LogP contribution is 2.12. The van der Waals surface area contributed by atoms with Crippen LogP contribution in [0.2, 0.25) is 0 Å². The largest absolute Gasteiger partial charge is 0.481 e. The van der Waals surface area contributed by atoms with Gasteiger partial charge in [0, 0.05) is 11.3 Å². The van der Waals surface area contributed by atoms with Gasteiger partial charge in [0.05, 0.1) is 12.5 Å². The molecule has 1 aromatic rings. The lowest BCUT2D eigenvalue weighted by Gasteiger charge is -2.22. The number of anilines is 1. The second-order valence-electron chi connectivity index (χ2n) is 6.35. The minimum atomic E-state index is -1.55. The molecule has 1 saturated heterocycles. The molecular weight excluding hydrogens is 370 g/mol. The van der Waals surface area contributed by atoms with E-state index in [1.54, 1.807) is 6.07 Å². The molecule has 10 heteroatoms. The summed E-state index contributed by atoms with van der Waals surface area (Å²) in [6.45, 7) is 1.59. The molecule has 1 atom stereocenters. The third-order valence-corrected chi connectivity index (χ3v) is 4.13. The lowest BCUT2D eigenvalue weighted by molar-refractivity contribution is -0.145. The van der Waals surface area contributed by atoms with Crippen LogP contribution in [0.4, 0.5) is 5.69 Å². The van der Waals surface area contributed by atoms with Crippen molar-refractivity contribution in [2.45, 2.75) is 31.4 Å². The Labute approximate surface area is 161 Å². The van der Waals surface area contributed by atoms with Crippen molar-refractivity contribution in [2.75, 3.05) is 25.0 Å². The summed E-state index contributed by atoms with van der Waals surface area (Å²) in [5, 5.41) is 25.7. The third-order valence-electron chi connectivity index (χ3n) is 4.13. The van der Waals surface area contributed by atoms with E-state index in [1.165, 1.54) is 18.2 Å². The number of aliphatic carboxylic acids is 2. The van der Waals surface area contributed by atoms with Crippen LogP contribution in [0.3, 0.4) is 0 Å². The van der Waals surface area contributed by atoms with Crippen LogP contribution in [0.5, 0.6) is 0 Å². The third kappa shape index (κ3) is 6.97. The maximum atomic E-state index is 12.2. The number of carboxylic acid groups (broad SMARTS) is 2. The van der Waals surface area contributed by atoms with Gasteiger partial charge in [-0.05, 0) is 44.1 Å². The molecule has 1 aliphatic heterocycles. The Bertz CT molecular complexity index is 732. The minimum Gasteiger partial charge on any atom is -0.481 e. The number of nitrogens with one attached hydrogen (secondary N) is 3. The first-order chi connectivity index (χ1) is 13.3. The first-order valence-corrected chi connectivity index (χ1v) is 8.83. The van der Waals surface area contributed by atoms with Gasteiger partial charge in [-0.3, -0.25) is 14.4 Å². The molecule has 1 heterocycles. The van der Waals surface area contributed by atoms with E-state index < -0.39 is 30.3 Å². The Morgan fingerprint density at radius 1 is 1.18 bits per heavy atom. The van der Waals surface area contributed by atoms with Crippen LogP contribution in [0.15, 0.2) is 24.3 Å². The van der Waals surface area contributed by atoms with Crippen molar-refractivity contribution in [3.05, 3.63) is 29.8 Å². The molecule has 152 valence electrons. The normalized spacial score (nSPS) is 15.4. The number of benzene rings is 1. The quantitative estimate of drug-likeness (QED) is 0.394. The van der Waals surface area contributed by atoms with E-state index in [0.717, 1.165) is 25.9 Å². The molecule has 0 bridgehead atoms. The summed E-state index contributed by atoms with van der Waals surface area (Å²) in [5.74, 6) is -3.92. The summed E-state index contributed by atoms with van der Waals surface area (Å²) in [5.41, 5.74) is 0.436. The number of piperidine rings is 1. The molecule has 0 saturated carbocycles. The van der Waals surface area contributed by atoms with E-state index in [2.05, 4.69) is 16.0 Å². The number of carboxylic acids is 2. The molecule has 0 aliphatic carbocycles. The van der Waals surface area contributed by atoms with Gasteiger partial charge in [-0.2, -0.15) is 0 Å². The van der Waals surface area contributed by atoms with Gasteiger partial charge in [-0.1, -0.05) is 6.07 Å². The Balaban J connectivity index is 1.91. The zero-order valence-electron chi connectivity index (χ0n) is 15.1. The summed E-state index contributed by atoms with van der Waals surface area (Å²) < 4.78 is 5.56. The standard InChI is InChI=1S/C18H23N3O7/c22-15(10-28-13-4-6-19-7-5-13)20-12-3-1-2-11(8-12)17(25)21-14(18(26)27)9-16(23)24/h1-3,8,13-14,19H,4-7,9-10H2,(H,20,22)(H,21,25)(H,23,24)(H,26,27)/t14-/m0/s1. The Morgan fingerprint density at radius 2 is 1.89 bits per heavy atom. The van der Waals surface area contributed by atoms with Crippen LogP contribution in [0, 0.1) is 0 Å². The molecule has 0 radical (unpaired) electrons. The monoisotopic (exact) mass is 393 g/mol. The van der Waals surface area contributed by atoms with Crippen LogP contribution < -0.4 is 16.0 Å². The molecule has 2 rings (SSSR count). The van der Waals surface area contributed by atoms with Gasteiger partial charge in [-0.25, -0.2) is 4.79 Å². The van der Waals surface area contributed by atoms with Crippen LogP contribution in [-0.4, -0.2) is 65.8 Å². The van der Waals surface area contributed by atoms with Gasteiger partial charge in [0.2, 0.25) is 5.91 Å². The van der Waals surface area contributed by atoms with E-state index in [0.29, 0.717) is 5.69 Å². The summed E-state index contributed by atoms with van der Waals surface area (Å²) in [4.78, 5) is 46.0. The molecule has 5 N–H and O–H groups in total. The Kier molecular flexibility index (Phi) is 7.90. The molecule has 1 aromatic carbocycles. The van der Waals surface area contributed by atoms with Gasteiger partial charge in [0.15, 0.2) is 0 Å². The number of carbonyl (C=O) groups is 4. The summed E-state index contributed by atoms with van der Waals surface area (Å²) in [6.07, 6.45) is 0.964. The highest BCUT2D eigenvalue weighted by molar-refractivity contribution is 5.99. The molecule has 0 aromatic heterocycles. The van der Waals surface area contributed by atoms with E-state index in [-0.39, 0.29) is 24.2 Å². The summed E-state index contributed by atoms with van der Waals surface area (Å²) in [7, 11) is 0. The maximum Gasteiger partial charge on any atom is 0.326 e. The van der Waals surface area contributed by atoms with Gasteiger partial charge in [-0.15, -0.1) is 0 Å². The van der Waals surface area contributed by atoms with E-state index in [1.807, 2.05) is 0 Å². The van der Waals surface area contributed by atoms with Crippen LogP contribution in [0.1, 0.15) is 29.6 Å². The first-order valence-electron chi connectivity index (χ1n) is 8.83. The van der Waals surface area contributed by atoms with E-state index >= 15 is 0 Å². The minimum absolute atomic E-state index is 0.0336. The summed E-state index contributed by atoms with van der Waals surface area (Å²) >= 11 is 0. The first kappa shape index (κ1) is 21.3. The lowest BCUT2D eigenvalue weighted by Crippen LogP contribution is -2.42. The number of hydrogen-bond acceptors (Lipinski definition) is 6. The molecule has 0 spiro atoms. The van der Waals surface area contributed by atoms with Gasteiger partial charge in [0.1, 0.15) is 12.6 Å². The molecule has 10 nitrogen and oxygen atoms in total. The zero-order chi connectivity index (χ0) is 20.5. The average Bonchev–Trinajstić information content (AvgIpc) is 2.66. The van der Waals surface area contributed by atoms with Crippen molar-refractivity contribution in [3.63, 3.8) is 0 Å². The zero-order valence-corrected chi connectivity index (χ0v) is 15.1. The number of hydrogen-bond donors (Lipinski definition) is 5. The highest BCUT2D eigenvalue weighted by atomic mass is 16.5. The molecule has 1 fully saturated rings. The van der Waals surface area contributed by atoms with E-state index in [4.69, 9.17) is 14.9 Å². The molecule has 28 heavy (non-hydrogen) atoms. The Hall–Kier alpha value is -2.98. The van der Waals surface area contributed by atoms with Gasteiger partial charge in [0.25, 0.3) is 5.91 Å². The molecule has 0 unspecified atom stereocenters. The van der Waals surface area contributed by atoms with E-state index in [9.17, 15) is 19.2 Å². The highest BCUT2D eigenvalue weighted by Gasteiger charge is 2.23. The second kappa shape index (κ2) is 10.4. The van der Waals surface area contributed by atoms with Crippen LogP contribution in [-0.2, 0) is 19.1 Å². The SMILES string of the molecule is O=C(O)C[C@H](NC(=O)c1cccc(NC(=O)COC2CCNCC2)c1)C(=O)O. The van der Waals surface area contributed by atoms with Gasteiger partial charge < -0.3 is 30.9 Å². The van der Waals surface area contributed by atoms with Crippen molar-refractivity contribution in [3.8, 4) is 0 Å². The lowest BCUT2D eigenvalue weighted by atomic mass is 10.1. The Morgan fingerprint density at radius 3 is 2.54 bits per heavy atom. The fourth-order valence-corrected chi connectivity index (χ4v) is 2.71. The number of carbonyl (C=O) groups excluding carboxylic acids is 2. The van der Waals surface area contributed by atoms with Crippen LogP contribution >= 0.6 is 0 Å². The smallest absolute Gasteiger partial charge is 0.326 e. The van der Waals surface area contributed by atoms with Crippen molar-refractivity contribution >= 4 is 29.4 Å².